The molecular weight excluding hydrogens is 506 g/mol. The first-order valence-corrected chi connectivity index (χ1v) is 12.3. The smallest absolute Gasteiger partial charge is 0.342 e. The van der Waals surface area contributed by atoms with E-state index >= 15 is 0 Å². The van der Waals surface area contributed by atoms with Gasteiger partial charge in [0.15, 0.2) is 0 Å². The Labute approximate surface area is 222 Å². The number of fused-ring (bicyclic) bond motifs is 1. The maximum atomic E-state index is 12.3. The van der Waals surface area contributed by atoms with Crippen molar-refractivity contribution in [1.29, 1.82) is 0 Å². The molecule has 0 unspecified atom stereocenters. The lowest BCUT2D eigenvalue weighted by Crippen LogP contribution is -1.97. The predicted molar refractivity (Wildman–Crippen MR) is 145 cm³/mol. The number of ether oxygens (including phenoxy) is 3. The zero-order valence-corrected chi connectivity index (χ0v) is 21.5. The summed E-state index contributed by atoms with van der Waals surface area (Å²) in [5.41, 5.74) is 3.71. The van der Waals surface area contributed by atoms with Crippen molar-refractivity contribution < 1.29 is 28.5 Å². The second-order valence-electron chi connectivity index (χ2n) is 8.05. The molecule has 0 aliphatic heterocycles. The third kappa shape index (κ3) is 4.94. The van der Waals surface area contributed by atoms with Crippen molar-refractivity contribution in [2.24, 2.45) is 0 Å². The second-order valence-corrected chi connectivity index (χ2v) is 9.05. The number of nitrogens with zero attached hydrogens (tertiary/aromatic N) is 2. The molecule has 2 aromatic heterocycles. The van der Waals surface area contributed by atoms with Crippen molar-refractivity contribution in [1.82, 2.24) is 15.2 Å². The first-order valence-electron chi connectivity index (χ1n) is 11.4. The number of carboxylic acids is 1. The van der Waals surface area contributed by atoms with Crippen LogP contribution in [0, 0.1) is 0 Å². The van der Waals surface area contributed by atoms with Crippen LogP contribution in [0.15, 0.2) is 81.3 Å². The second kappa shape index (κ2) is 10.7. The number of carboxylic acid groups (broad SMARTS) is 1. The van der Waals surface area contributed by atoms with Gasteiger partial charge >= 0.3 is 5.97 Å². The maximum Gasteiger partial charge on any atom is 0.342 e. The Hall–Kier alpha value is -4.70. The van der Waals surface area contributed by atoms with E-state index in [1.54, 1.807) is 45.6 Å². The number of rotatable bonds is 9. The summed E-state index contributed by atoms with van der Waals surface area (Å²) in [5, 5.41) is 19.1. The number of nitrogens with one attached hydrogen (secondary N) is 1. The average molecular weight is 530 g/mol. The van der Waals surface area contributed by atoms with E-state index < -0.39 is 5.97 Å². The fourth-order valence-corrected chi connectivity index (χ4v) is 4.68. The molecule has 5 rings (SSSR count). The number of thioether (sulfide) groups is 1. The molecule has 0 saturated carbocycles. The van der Waals surface area contributed by atoms with Gasteiger partial charge in [0.1, 0.15) is 22.2 Å². The molecule has 0 radical (unpaired) electrons. The van der Waals surface area contributed by atoms with Gasteiger partial charge in [0, 0.05) is 22.6 Å². The Morgan fingerprint density at radius 2 is 1.66 bits per heavy atom. The van der Waals surface area contributed by atoms with Crippen LogP contribution >= 0.6 is 11.8 Å². The van der Waals surface area contributed by atoms with Crippen molar-refractivity contribution in [3.63, 3.8) is 0 Å². The number of aromatic amines is 1. The van der Waals surface area contributed by atoms with E-state index in [-0.39, 0.29) is 16.0 Å². The molecule has 0 aliphatic carbocycles. The molecule has 3 aromatic carbocycles. The third-order valence-electron chi connectivity index (χ3n) is 5.81. The maximum absolute atomic E-state index is 12.3. The highest BCUT2D eigenvalue weighted by molar-refractivity contribution is 8.03. The van der Waals surface area contributed by atoms with Crippen molar-refractivity contribution >= 4 is 34.7 Å². The molecule has 0 aliphatic rings. The van der Waals surface area contributed by atoms with E-state index in [0.29, 0.717) is 28.4 Å². The fourth-order valence-electron chi connectivity index (χ4n) is 4.02. The van der Waals surface area contributed by atoms with Crippen LogP contribution in [0.1, 0.15) is 5.56 Å². The van der Waals surface area contributed by atoms with Crippen molar-refractivity contribution in [3.05, 3.63) is 77.2 Å². The molecule has 192 valence electrons. The van der Waals surface area contributed by atoms with Crippen molar-refractivity contribution in [2.45, 2.75) is 5.22 Å². The minimum absolute atomic E-state index is 0.00400. The number of hydrogen-bond donors (Lipinski definition) is 2. The van der Waals surface area contributed by atoms with Gasteiger partial charge in [0.05, 0.1) is 32.5 Å². The van der Waals surface area contributed by atoms with Gasteiger partial charge in [0.2, 0.25) is 5.89 Å². The van der Waals surface area contributed by atoms with Gasteiger partial charge in [0.25, 0.3) is 5.22 Å². The van der Waals surface area contributed by atoms with Gasteiger partial charge in [-0.25, -0.2) is 4.79 Å². The summed E-state index contributed by atoms with van der Waals surface area (Å²) in [7, 11) is 4.68. The van der Waals surface area contributed by atoms with E-state index in [4.69, 9.17) is 18.6 Å². The van der Waals surface area contributed by atoms with Crippen LogP contribution in [0.3, 0.4) is 0 Å². The number of aromatic nitrogens is 3. The first kappa shape index (κ1) is 25.0. The lowest BCUT2D eigenvalue weighted by atomic mass is 10.0. The van der Waals surface area contributed by atoms with Gasteiger partial charge in [-0.2, -0.15) is 0 Å². The number of benzene rings is 3. The quantitative estimate of drug-likeness (QED) is 0.172. The summed E-state index contributed by atoms with van der Waals surface area (Å²) >= 11 is 0.867. The van der Waals surface area contributed by atoms with Gasteiger partial charge in [-0.05, 0) is 41.6 Å². The summed E-state index contributed by atoms with van der Waals surface area (Å²) in [6.07, 6.45) is 1.60. The Kier molecular flexibility index (Phi) is 7.05. The van der Waals surface area contributed by atoms with Crippen LogP contribution in [0.25, 0.3) is 39.7 Å². The SMILES string of the molecule is COc1cc(OC)cc(-c2nnc(S/C(=C\c3c(-c4ccccc4)[nH]c4c(OC)cccc34)C(=O)O)o2)c1. The lowest BCUT2D eigenvalue weighted by Gasteiger charge is -2.05. The first-order chi connectivity index (χ1) is 18.5. The monoisotopic (exact) mass is 529 g/mol. The zero-order chi connectivity index (χ0) is 26.6. The van der Waals surface area contributed by atoms with Gasteiger partial charge < -0.3 is 28.7 Å². The van der Waals surface area contributed by atoms with E-state index in [9.17, 15) is 9.90 Å². The highest BCUT2D eigenvalue weighted by Crippen LogP contribution is 2.39. The fraction of sp³-hybridized carbons (Fsp3) is 0.107. The molecule has 5 aromatic rings. The van der Waals surface area contributed by atoms with Crippen LogP contribution in [0.5, 0.6) is 17.2 Å². The number of H-pyrrole nitrogens is 1. The zero-order valence-electron chi connectivity index (χ0n) is 20.7. The van der Waals surface area contributed by atoms with Crippen LogP contribution < -0.4 is 14.2 Å². The molecule has 0 atom stereocenters. The van der Waals surface area contributed by atoms with Crippen molar-refractivity contribution in [3.8, 4) is 40.0 Å². The summed E-state index contributed by atoms with van der Waals surface area (Å²) in [6.45, 7) is 0. The van der Waals surface area contributed by atoms with Crippen LogP contribution in [0.4, 0.5) is 0 Å². The molecule has 2 N–H and O–H groups in total. The summed E-state index contributed by atoms with van der Waals surface area (Å²) in [5.74, 6) is 0.839. The van der Waals surface area contributed by atoms with Gasteiger partial charge in [-0.15, -0.1) is 10.2 Å². The van der Waals surface area contributed by atoms with Crippen LogP contribution in [-0.4, -0.2) is 47.6 Å². The number of para-hydroxylation sites is 1. The standard InChI is InChI=1S/C28H23N3O6S/c1-34-18-12-17(13-19(14-18)35-2)26-30-31-28(37-26)38-23(27(32)33)15-21-20-10-7-11-22(36-3)25(20)29-24(21)16-8-5-4-6-9-16/h4-15,29H,1-3H3,(H,32,33)/b23-15-. The molecule has 38 heavy (non-hydrogen) atoms. The van der Waals surface area contributed by atoms with Crippen molar-refractivity contribution in [2.75, 3.05) is 21.3 Å². The van der Waals surface area contributed by atoms with E-state index in [1.165, 1.54) is 0 Å². The third-order valence-corrected chi connectivity index (χ3v) is 6.66. The Morgan fingerprint density at radius 3 is 2.32 bits per heavy atom. The molecule has 0 saturated heterocycles. The van der Waals surface area contributed by atoms with Gasteiger partial charge in [-0.3, -0.25) is 0 Å². The lowest BCUT2D eigenvalue weighted by molar-refractivity contribution is -0.131. The summed E-state index contributed by atoms with van der Waals surface area (Å²) in [4.78, 5) is 15.7. The number of hydrogen-bond acceptors (Lipinski definition) is 8. The molecule has 10 heteroatoms. The summed E-state index contributed by atoms with van der Waals surface area (Å²) < 4.78 is 21.9. The minimum atomic E-state index is -1.13. The average Bonchev–Trinajstić information content (AvgIpc) is 3.57. The van der Waals surface area contributed by atoms with Crippen LogP contribution in [-0.2, 0) is 4.79 Å². The molecular formula is C28H23N3O6S. The van der Waals surface area contributed by atoms with E-state index in [1.807, 2.05) is 48.5 Å². The number of carbonyl (C=O) groups is 1. The topological polar surface area (TPSA) is 120 Å². The molecule has 2 heterocycles. The van der Waals surface area contributed by atoms with Crippen LogP contribution in [0.2, 0.25) is 0 Å². The Bertz CT molecular complexity index is 1620. The van der Waals surface area contributed by atoms with E-state index in [0.717, 1.165) is 33.9 Å². The highest BCUT2D eigenvalue weighted by atomic mass is 32.2. The Morgan fingerprint density at radius 1 is 0.921 bits per heavy atom. The minimum Gasteiger partial charge on any atom is -0.497 e. The highest BCUT2D eigenvalue weighted by Gasteiger charge is 2.20. The normalized spacial score (nSPS) is 11.5. The number of aliphatic carboxylic acids is 1. The Balaban J connectivity index is 1.56. The molecule has 0 bridgehead atoms. The number of methoxy groups -OCH3 is 3. The predicted octanol–water partition coefficient (Wildman–Crippen LogP) is 6.13. The molecule has 0 fully saturated rings. The molecule has 0 spiro atoms. The molecule has 9 nitrogen and oxygen atoms in total. The van der Waals surface area contributed by atoms with E-state index in [2.05, 4.69) is 15.2 Å². The summed E-state index contributed by atoms with van der Waals surface area (Å²) in [6, 6.07) is 20.5. The molecule has 0 amide bonds. The van der Waals surface area contributed by atoms with Gasteiger partial charge in [-0.1, -0.05) is 42.5 Å². The largest absolute Gasteiger partial charge is 0.497 e.